The van der Waals surface area contributed by atoms with Crippen LogP contribution in [0.5, 0.6) is 0 Å². The van der Waals surface area contributed by atoms with E-state index in [2.05, 4.69) is 5.32 Å². The van der Waals surface area contributed by atoms with Gasteiger partial charge < -0.3 is 10.2 Å². The van der Waals surface area contributed by atoms with Gasteiger partial charge in [0.1, 0.15) is 0 Å². The van der Waals surface area contributed by atoms with Crippen molar-refractivity contribution in [3.05, 3.63) is 59.7 Å². The van der Waals surface area contributed by atoms with Gasteiger partial charge in [-0.2, -0.15) is 0 Å². The molecule has 2 rings (SSSR count). The van der Waals surface area contributed by atoms with Crippen LogP contribution in [0.4, 0.5) is 11.4 Å². The Morgan fingerprint density at radius 2 is 1.73 bits per heavy atom. The molecule has 5 nitrogen and oxygen atoms in total. The van der Waals surface area contributed by atoms with Crippen LogP contribution in [0.2, 0.25) is 0 Å². The molecule has 1 N–H and O–H groups in total. The van der Waals surface area contributed by atoms with Gasteiger partial charge in [0, 0.05) is 36.8 Å². The predicted molar refractivity (Wildman–Crippen MR) is 104 cm³/mol. The molecule has 136 valence electrons. The second-order valence-electron chi connectivity index (χ2n) is 6.09. The summed E-state index contributed by atoms with van der Waals surface area (Å²) in [5.41, 5.74) is 3.03. The number of carbonyl (C=O) groups is 3. The van der Waals surface area contributed by atoms with E-state index >= 15 is 0 Å². The zero-order valence-electron chi connectivity index (χ0n) is 15.4. The molecule has 0 aromatic heterocycles. The Morgan fingerprint density at radius 3 is 2.38 bits per heavy atom. The number of ketones is 1. The highest BCUT2D eigenvalue weighted by Gasteiger charge is 2.16. The largest absolute Gasteiger partial charge is 0.326 e. The van der Waals surface area contributed by atoms with Crippen molar-refractivity contribution in [1.82, 2.24) is 0 Å². The number of nitrogens with one attached hydrogen (secondary N) is 1. The average Bonchev–Trinajstić information content (AvgIpc) is 2.62. The summed E-state index contributed by atoms with van der Waals surface area (Å²) < 4.78 is 0. The zero-order chi connectivity index (χ0) is 19.1. The highest BCUT2D eigenvalue weighted by molar-refractivity contribution is 5.98. The summed E-state index contributed by atoms with van der Waals surface area (Å²) >= 11 is 0. The van der Waals surface area contributed by atoms with Gasteiger partial charge in [-0.05, 0) is 37.1 Å². The summed E-state index contributed by atoms with van der Waals surface area (Å²) in [4.78, 5) is 37.4. The lowest BCUT2D eigenvalue weighted by molar-refractivity contribution is -0.117. The zero-order valence-corrected chi connectivity index (χ0v) is 15.4. The Morgan fingerprint density at radius 1 is 1.00 bits per heavy atom. The number of rotatable bonds is 7. The molecule has 0 aliphatic heterocycles. The minimum atomic E-state index is -0.203. The second-order valence-corrected chi connectivity index (χ2v) is 6.09. The fourth-order valence-corrected chi connectivity index (χ4v) is 2.77. The lowest BCUT2D eigenvalue weighted by atomic mass is 10.1. The van der Waals surface area contributed by atoms with Crippen LogP contribution in [0.3, 0.4) is 0 Å². The van der Waals surface area contributed by atoms with Gasteiger partial charge in [0.05, 0.1) is 0 Å². The van der Waals surface area contributed by atoms with E-state index in [0.29, 0.717) is 17.8 Å². The third kappa shape index (κ3) is 5.02. The molecule has 0 fully saturated rings. The van der Waals surface area contributed by atoms with Gasteiger partial charge in [-0.1, -0.05) is 37.3 Å². The Balaban J connectivity index is 2.05. The van der Waals surface area contributed by atoms with Crippen LogP contribution in [0.1, 0.15) is 43.1 Å². The number of benzene rings is 2. The van der Waals surface area contributed by atoms with E-state index in [4.69, 9.17) is 0 Å². The standard InChI is InChI=1S/C21H24N2O3/c1-4-17-8-5-6-11-20(17)23(16(3)25)13-12-21(26)22-19-10-7-9-18(14-19)15(2)24/h5-11,14H,4,12-13H2,1-3H3,(H,22,26). The Labute approximate surface area is 154 Å². The van der Waals surface area contributed by atoms with Gasteiger partial charge in [-0.15, -0.1) is 0 Å². The normalized spacial score (nSPS) is 10.3. The topological polar surface area (TPSA) is 66.5 Å². The maximum absolute atomic E-state index is 12.3. The fourth-order valence-electron chi connectivity index (χ4n) is 2.77. The van der Waals surface area contributed by atoms with E-state index in [1.807, 2.05) is 31.2 Å². The SMILES string of the molecule is CCc1ccccc1N(CCC(=O)Nc1cccc(C(C)=O)c1)C(C)=O. The first-order chi connectivity index (χ1) is 12.4. The molecule has 0 atom stereocenters. The number of aryl methyl sites for hydroxylation is 1. The maximum atomic E-state index is 12.3. The van der Waals surface area contributed by atoms with Crippen molar-refractivity contribution in [3.8, 4) is 0 Å². The van der Waals surface area contributed by atoms with Crippen molar-refractivity contribution in [1.29, 1.82) is 0 Å². The molecule has 2 amide bonds. The third-order valence-electron chi connectivity index (χ3n) is 4.16. The number of Topliss-reactive ketones (excluding diaryl/α,β-unsaturated/α-hetero) is 1. The summed E-state index contributed by atoms with van der Waals surface area (Å²) in [5.74, 6) is -0.358. The molecular weight excluding hydrogens is 328 g/mol. The van der Waals surface area contributed by atoms with Gasteiger partial charge in [0.15, 0.2) is 5.78 Å². The minimum absolute atomic E-state index is 0.0555. The predicted octanol–water partition coefficient (Wildman–Crippen LogP) is 3.83. The molecule has 26 heavy (non-hydrogen) atoms. The van der Waals surface area contributed by atoms with Crippen LogP contribution in [0.15, 0.2) is 48.5 Å². The lowest BCUT2D eigenvalue weighted by Crippen LogP contribution is -2.32. The van der Waals surface area contributed by atoms with Crippen LogP contribution < -0.4 is 10.2 Å². The van der Waals surface area contributed by atoms with Gasteiger partial charge in [0.25, 0.3) is 0 Å². The first-order valence-corrected chi connectivity index (χ1v) is 8.69. The molecule has 0 saturated heterocycles. The summed E-state index contributed by atoms with van der Waals surface area (Å²) in [6.07, 6.45) is 0.978. The molecule has 0 saturated carbocycles. The van der Waals surface area contributed by atoms with E-state index in [-0.39, 0.29) is 24.0 Å². The van der Waals surface area contributed by atoms with Gasteiger partial charge in [0.2, 0.25) is 11.8 Å². The first-order valence-electron chi connectivity index (χ1n) is 8.69. The van der Waals surface area contributed by atoms with Gasteiger partial charge >= 0.3 is 0 Å². The number of hydrogen-bond acceptors (Lipinski definition) is 3. The number of hydrogen-bond donors (Lipinski definition) is 1. The van der Waals surface area contributed by atoms with Crippen molar-refractivity contribution in [3.63, 3.8) is 0 Å². The van der Waals surface area contributed by atoms with Crippen molar-refractivity contribution in [2.75, 3.05) is 16.8 Å². The highest BCUT2D eigenvalue weighted by Crippen LogP contribution is 2.21. The maximum Gasteiger partial charge on any atom is 0.226 e. The molecule has 0 bridgehead atoms. The van der Waals surface area contributed by atoms with Crippen LogP contribution in [-0.4, -0.2) is 24.1 Å². The minimum Gasteiger partial charge on any atom is -0.326 e. The fraction of sp³-hybridized carbons (Fsp3) is 0.286. The Bertz CT molecular complexity index is 814. The number of carbonyl (C=O) groups excluding carboxylic acids is 3. The Hall–Kier alpha value is -2.95. The number of anilines is 2. The third-order valence-corrected chi connectivity index (χ3v) is 4.16. The van der Waals surface area contributed by atoms with E-state index < -0.39 is 0 Å². The molecule has 0 aliphatic carbocycles. The smallest absolute Gasteiger partial charge is 0.226 e. The van der Waals surface area contributed by atoms with E-state index in [1.54, 1.807) is 29.2 Å². The van der Waals surface area contributed by atoms with Crippen LogP contribution in [-0.2, 0) is 16.0 Å². The van der Waals surface area contributed by atoms with E-state index in [0.717, 1.165) is 17.7 Å². The van der Waals surface area contributed by atoms with Crippen molar-refractivity contribution < 1.29 is 14.4 Å². The van der Waals surface area contributed by atoms with Gasteiger partial charge in [-0.3, -0.25) is 14.4 Å². The summed E-state index contributed by atoms with van der Waals surface area (Å²) in [7, 11) is 0. The first kappa shape index (κ1) is 19.4. The molecule has 0 unspecified atom stereocenters. The van der Waals surface area contributed by atoms with E-state index in [1.165, 1.54) is 13.8 Å². The second kappa shape index (κ2) is 8.94. The monoisotopic (exact) mass is 352 g/mol. The van der Waals surface area contributed by atoms with Crippen molar-refractivity contribution in [2.24, 2.45) is 0 Å². The lowest BCUT2D eigenvalue weighted by Gasteiger charge is -2.23. The number of nitrogens with zero attached hydrogens (tertiary/aromatic N) is 1. The molecule has 0 radical (unpaired) electrons. The van der Waals surface area contributed by atoms with Crippen LogP contribution in [0, 0.1) is 0 Å². The molecule has 5 heteroatoms. The molecule has 0 spiro atoms. The van der Waals surface area contributed by atoms with Crippen molar-refractivity contribution >= 4 is 29.0 Å². The number of amides is 2. The molecule has 2 aromatic rings. The average molecular weight is 352 g/mol. The summed E-state index contributed by atoms with van der Waals surface area (Å²) in [6.45, 7) is 5.31. The van der Waals surface area contributed by atoms with Crippen molar-refractivity contribution in [2.45, 2.75) is 33.6 Å². The highest BCUT2D eigenvalue weighted by atomic mass is 16.2. The molecule has 0 heterocycles. The van der Waals surface area contributed by atoms with Crippen LogP contribution in [0.25, 0.3) is 0 Å². The quantitative estimate of drug-likeness (QED) is 0.770. The molecule has 0 aliphatic rings. The summed E-state index contributed by atoms with van der Waals surface area (Å²) in [6, 6.07) is 14.5. The van der Waals surface area contributed by atoms with Crippen LogP contribution >= 0.6 is 0 Å². The molecular formula is C21H24N2O3. The van der Waals surface area contributed by atoms with E-state index in [9.17, 15) is 14.4 Å². The number of para-hydroxylation sites is 1. The summed E-state index contributed by atoms with van der Waals surface area (Å²) in [5, 5.41) is 2.78. The Kier molecular flexibility index (Phi) is 6.67. The molecule has 2 aromatic carbocycles. The van der Waals surface area contributed by atoms with Gasteiger partial charge in [-0.25, -0.2) is 0 Å².